The lowest BCUT2D eigenvalue weighted by Crippen LogP contribution is -2.01. The summed E-state index contributed by atoms with van der Waals surface area (Å²) in [7, 11) is 1.56. The van der Waals surface area contributed by atoms with Gasteiger partial charge in [-0.05, 0) is 52.4 Å². The van der Waals surface area contributed by atoms with Crippen molar-refractivity contribution < 1.29 is 19.0 Å². The number of rotatable bonds is 7. The number of ether oxygens (including phenoxy) is 3. The van der Waals surface area contributed by atoms with Crippen molar-refractivity contribution in [2.75, 3.05) is 13.7 Å². The highest BCUT2D eigenvalue weighted by Crippen LogP contribution is 2.35. The van der Waals surface area contributed by atoms with Crippen LogP contribution in [0, 0.1) is 15.9 Å². The molecule has 2 aromatic rings. The molecular weight excluding hydrogens is 467 g/mol. The highest BCUT2D eigenvalue weighted by molar-refractivity contribution is 14.1. The van der Waals surface area contributed by atoms with Crippen LogP contribution in [-0.2, 0) is 16.1 Å². The van der Waals surface area contributed by atoms with Gasteiger partial charge < -0.3 is 14.2 Å². The van der Waals surface area contributed by atoms with Crippen LogP contribution in [0.4, 0.5) is 0 Å². The van der Waals surface area contributed by atoms with Crippen LogP contribution in [0.5, 0.6) is 11.5 Å². The van der Waals surface area contributed by atoms with Crippen molar-refractivity contribution in [3.63, 3.8) is 0 Å². The Balaban J connectivity index is 2.16. The number of hydrogen-bond donors (Lipinski definition) is 0. The molecule has 0 aromatic heterocycles. The third kappa shape index (κ3) is 5.68. The van der Waals surface area contributed by atoms with Gasteiger partial charge in [-0.25, -0.2) is 4.79 Å². The fourth-order valence-electron chi connectivity index (χ4n) is 2.07. The Morgan fingerprint density at radius 2 is 2.12 bits per heavy atom. The number of methoxy groups -OCH3 is 1. The Bertz CT molecular complexity index is 855. The first-order valence-corrected chi connectivity index (χ1v) is 9.03. The first-order chi connectivity index (χ1) is 12.5. The van der Waals surface area contributed by atoms with Crippen LogP contribution in [0.15, 0.2) is 42.5 Å². The van der Waals surface area contributed by atoms with Gasteiger partial charge in [-0.1, -0.05) is 35.7 Å². The zero-order valence-electron chi connectivity index (χ0n) is 14.0. The largest absolute Gasteiger partial charge is 0.493 e. The van der Waals surface area contributed by atoms with E-state index >= 15 is 0 Å². The monoisotopic (exact) mass is 482 g/mol. The van der Waals surface area contributed by atoms with Gasteiger partial charge in [0.2, 0.25) is 0 Å². The molecule has 0 N–H and O–H groups in total. The number of carbonyl (C=O) groups is 1. The van der Waals surface area contributed by atoms with Gasteiger partial charge in [0, 0.05) is 16.7 Å². The average molecular weight is 483 g/mol. The second-order valence-corrected chi connectivity index (χ2v) is 6.63. The van der Waals surface area contributed by atoms with E-state index in [4.69, 9.17) is 32.2 Å². The van der Waals surface area contributed by atoms with Crippen LogP contribution in [-0.4, -0.2) is 19.7 Å². The lowest BCUT2D eigenvalue weighted by atomic mass is 10.2. The van der Waals surface area contributed by atoms with Gasteiger partial charge >= 0.3 is 5.97 Å². The molecule has 0 saturated carbocycles. The molecule has 6 heteroatoms. The van der Waals surface area contributed by atoms with Gasteiger partial charge in [0.05, 0.1) is 10.7 Å². The van der Waals surface area contributed by atoms with Gasteiger partial charge in [-0.3, -0.25) is 0 Å². The van der Waals surface area contributed by atoms with Crippen molar-refractivity contribution in [1.82, 2.24) is 0 Å². The standard InChI is InChI=1S/C20H16ClIO4/c1-3-10-25-19(23)9-8-14-11-17(22)20(18(12-14)24-2)26-13-15-6-4-5-7-16(15)21/h1,4-9,11-12H,10,13H2,2H3/b9-8+. The Labute approximate surface area is 171 Å². The molecular formula is C20H16ClIO4. The van der Waals surface area contributed by atoms with Gasteiger partial charge in [0.25, 0.3) is 0 Å². The van der Waals surface area contributed by atoms with Crippen LogP contribution >= 0.6 is 34.2 Å². The van der Waals surface area contributed by atoms with Crippen molar-refractivity contribution >= 4 is 46.2 Å². The van der Waals surface area contributed by atoms with Gasteiger partial charge in [0.15, 0.2) is 18.1 Å². The Hall–Kier alpha value is -2.17. The molecule has 0 atom stereocenters. The number of benzene rings is 2. The predicted molar refractivity (Wildman–Crippen MR) is 110 cm³/mol. The van der Waals surface area contributed by atoms with E-state index in [1.165, 1.54) is 6.08 Å². The second kappa shape index (κ2) is 10.1. The smallest absolute Gasteiger partial charge is 0.331 e. The average Bonchev–Trinajstić information content (AvgIpc) is 2.64. The normalized spacial score (nSPS) is 10.4. The number of halogens is 2. The molecule has 0 fully saturated rings. The Morgan fingerprint density at radius 3 is 2.81 bits per heavy atom. The van der Waals surface area contributed by atoms with Crippen molar-refractivity contribution in [1.29, 1.82) is 0 Å². The van der Waals surface area contributed by atoms with Gasteiger partial charge in [-0.2, -0.15) is 0 Å². The molecule has 0 aliphatic carbocycles. The van der Waals surface area contributed by atoms with Crippen LogP contribution in [0.25, 0.3) is 6.08 Å². The molecule has 0 saturated heterocycles. The van der Waals surface area contributed by atoms with Crippen LogP contribution < -0.4 is 9.47 Å². The summed E-state index contributed by atoms with van der Waals surface area (Å²) in [5, 5.41) is 0.645. The predicted octanol–water partition coefficient (Wildman–Crippen LogP) is 4.72. The Kier molecular flexibility index (Phi) is 7.82. The molecule has 0 spiro atoms. The minimum absolute atomic E-state index is 0.0567. The fraction of sp³-hybridized carbons (Fsp3) is 0.150. The van der Waals surface area contributed by atoms with E-state index < -0.39 is 5.97 Å². The summed E-state index contributed by atoms with van der Waals surface area (Å²) in [5.74, 6) is 2.90. The minimum Gasteiger partial charge on any atom is -0.493 e. The molecule has 0 heterocycles. The molecule has 0 amide bonds. The molecule has 2 rings (SSSR count). The molecule has 0 aliphatic rings. The maximum atomic E-state index is 11.5. The molecule has 0 unspecified atom stereocenters. The number of hydrogen-bond acceptors (Lipinski definition) is 4. The Morgan fingerprint density at radius 1 is 1.35 bits per heavy atom. The minimum atomic E-state index is -0.504. The van der Waals surface area contributed by atoms with E-state index in [-0.39, 0.29) is 6.61 Å². The van der Waals surface area contributed by atoms with E-state index in [1.54, 1.807) is 19.3 Å². The van der Waals surface area contributed by atoms with Crippen LogP contribution in [0.1, 0.15) is 11.1 Å². The van der Waals surface area contributed by atoms with Crippen LogP contribution in [0.2, 0.25) is 5.02 Å². The summed E-state index contributed by atoms with van der Waals surface area (Å²) in [6.45, 7) is 0.262. The maximum absolute atomic E-state index is 11.5. The summed E-state index contributed by atoms with van der Waals surface area (Å²) >= 11 is 8.31. The third-order valence-corrected chi connectivity index (χ3v) is 4.46. The lowest BCUT2D eigenvalue weighted by Gasteiger charge is -2.14. The molecule has 0 radical (unpaired) electrons. The summed E-state index contributed by atoms with van der Waals surface area (Å²) < 4.78 is 17.0. The van der Waals surface area contributed by atoms with Crippen molar-refractivity contribution in [2.45, 2.75) is 6.61 Å². The number of esters is 1. The third-order valence-electron chi connectivity index (χ3n) is 3.29. The molecule has 0 aliphatic heterocycles. The first kappa shape index (κ1) is 20.1. The molecule has 4 nitrogen and oxygen atoms in total. The van der Waals surface area contributed by atoms with E-state index in [9.17, 15) is 4.79 Å². The zero-order chi connectivity index (χ0) is 18.9. The number of terminal acetylenes is 1. The first-order valence-electron chi connectivity index (χ1n) is 7.57. The highest BCUT2D eigenvalue weighted by atomic mass is 127. The van der Waals surface area contributed by atoms with E-state index in [2.05, 4.69) is 28.5 Å². The number of carbonyl (C=O) groups excluding carboxylic acids is 1. The van der Waals surface area contributed by atoms with E-state index in [1.807, 2.05) is 30.3 Å². The molecule has 134 valence electrons. The van der Waals surface area contributed by atoms with Crippen molar-refractivity contribution in [3.8, 4) is 23.8 Å². The molecule has 0 bridgehead atoms. The van der Waals surface area contributed by atoms with Crippen molar-refractivity contribution in [2.24, 2.45) is 0 Å². The van der Waals surface area contributed by atoms with E-state index in [0.29, 0.717) is 23.1 Å². The van der Waals surface area contributed by atoms with Gasteiger partial charge in [0.1, 0.15) is 6.61 Å². The highest BCUT2D eigenvalue weighted by Gasteiger charge is 2.12. The quantitative estimate of drug-likeness (QED) is 0.248. The molecule has 26 heavy (non-hydrogen) atoms. The SMILES string of the molecule is C#CCOC(=O)/C=C/c1cc(I)c(OCc2ccccc2Cl)c(OC)c1. The summed E-state index contributed by atoms with van der Waals surface area (Å²) in [5.41, 5.74) is 1.65. The topological polar surface area (TPSA) is 44.8 Å². The fourth-order valence-corrected chi connectivity index (χ4v) is 3.04. The summed E-state index contributed by atoms with van der Waals surface area (Å²) in [6.07, 6.45) is 7.99. The second-order valence-electron chi connectivity index (χ2n) is 5.06. The summed E-state index contributed by atoms with van der Waals surface area (Å²) in [6, 6.07) is 11.1. The zero-order valence-corrected chi connectivity index (χ0v) is 16.9. The van der Waals surface area contributed by atoms with Crippen LogP contribution in [0.3, 0.4) is 0 Å². The van der Waals surface area contributed by atoms with Gasteiger partial charge in [-0.15, -0.1) is 6.42 Å². The maximum Gasteiger partial charge on any atom is 0.331 e. The van der Waals surface area contributed by atoms with E-state index in [0.717, 1.165) is 14.7 Å². The molecule has 2 aromatic carbocycles. The van der Waals surface area contributed by atoms with Crippen molar-refractivity contribution in [3.05, 3.63) is 62.2 Å². The lowest BCUT2D eigenvalue weighted by molar-refractivity contribution is -0.136. The summed E-state index contributed by atoms with van der Waals surface area (Å²) in [4.78, 5) is 11.5.